The molecule has 134 valence electrons. The maximum Gasteiger partial charge on any atom is 0.310 e. The third-order valence-corrected chi connectivity index (χ3v) is 5.78. The summed E-state index contributed by atoms with van der Waals surface area (Å²) < 4.78 is 6.44. The second kappa shape index (κ2) is 8.43. The van der Waals surface area contributed by atoms with E-state index in [1.165, 1.54) is 0 Å². The Balaban J connectivity index is 1.68. The smallest absolute Gasteiger partial charge is 0.310 e. The molecule has 6 heteroatoms. The molecule has 1 aliphatic rings. The van der Waals surface area contributed by atoms with Crippen molar-refractivity contribution in [2.75, 3.05) is 13.2 Å². The fourth-order valence-corrected chi connectivity index (χ4v) is 4.48. The van der Waals surface area contributed by atoms with Crippen LogP contribution in [-0.4, -0.2) is 30.0 Å². The van der Waals surface area contributed by atoms with E-state index in [4.69, 9.17) is 9.72 Å². The first-order chi connectivity index (χ1) is 12.2. The van der Waals surface area contributed by atoms with E-state index in [0.717, 1.165) is 47.3 Å². The highest BCUT2D eigenvalue weighted by atomic mass is 32.1. The lowest BCUT2D eigenvalue weighted by atomic mass is 9.79. The third kappa shape index (κ3) is 4.37. The molecule has 0 radical (unpaired) electrons. The normalized spacial score (nSPS) is 20.4. The fraction of sp³-hybridized carbons (Fsp3) is 0.526. The zero-order valence-electron chi connectivity index (χ0n) is 14.5. The number of hydrogen-bond acceptors (Lipinski definition) is 5. The topological polar surface area (TPSA) is 68.3 Å². The molecule has 1 fully saturated rings. The minimum absolute atomic E-state index is 0.0948. The van der Waals surface area contributed by atoms with Gasteiger partial charge in [0.15, 0.2) is 6.61 Å². The number of nitrogens with zero attached hydrogens (tertiary/aromatic N) is 1. The van der Waals surface area contributed by atoms with Crippen LogP contribution < -0.4 is 5.32 Å². The van der Waals surface area contributed by atoms with Crippen molar-refractivity contribution in [3.8, 4) is 0 Å². The van der Waals surface area contributed by atoms with Crippen molar-refractivity contribution < 1.29 is 14.3 Å². The summed E-state index contributed by atoms with van der Waals surface area (Å²) in [4.78, 5) is 28.9. The highest BCUT2D eigenvalue weighted by Crippen LogP contribution is 2.41. The second-order valence-corrected chi connectivity index (χ2v) is 7.54. The maximum absolute atomic E-state index is 12.5. The Bertz CT molecular complexity index is 710. The first kappa shape index (κ1) is 17.9. The third-order valence-electron chi connectivity index (χ3n) is 4.61. The lowest BCUT2D eigenvalue weighted by molar-refractivity contribution is -0.154. The summed E-state index contributed by atoms with van der Waals surface area (Å²) >= 11 is 1.66. The summed E-state index contributed by atoms with van der Waals surface area (Å²) in [5.74, 6) is -0.608. The highest BCUT2D eigenvalue weighted by molar-refractivity contribution is 7.18. The summed E-state index contributed by atoms with van der Waals surface area (Å²) in [6, 6.07) is 8.05. The predicted octanol–water partition coefficient (Wildman–Crippen LogP) is 3.64. The van der Waals surface area contributed by atoms with Crippen molar-refractivity contribution in [1.29, 1.82) is 0 Å². The molecular weight excluding hydrogens is 336 g/mol. The Kier molecular flexibility index (Phi) is 6.02. The van der Waals surface area contributed by atoms with Crippen LogP contribution in [0.5, 0.6) is 0 Å². The van der Waals surface area contributed by atoms with Crippen molar-refractivity contribution in [3.63, 3.8) is 0 Å². The van der Waals surface area contributed by atoms with Gasteiger partial charge in [-0.05, 0) is 31.4 Å². The van der Waals surface area contributed by atoms with Gasteiger partial charge in [-0.1, -0.05) is 31.9 Å². The number of thiazole rings is 1. The van der Waals surface area contributed by atoms with E-state index in [0.29, 0.717) is 6.54 Å². The molecule has 0 unspecified atom stereocenters. The zero-order chi connectivity index (χ0) is 17.6. The van der Waals surface area contributed by atoms with Crippen molar-refractivity contribution >= 4 is 33.4 Å². The molecule has 2 atom stereocenters. The van der Waals surface area contributed by atoms with Gasteiger partial charge in [-0.25, -0.2) is 4.98 Å². The molecule has 1 aromatic heterocycles. The van der Waals surface area contributed by atoms with Crippen LogP contribution in [-0.2, 0) is 14.3 Å². The first-order valence-electron chi connectivity index (χ1n) is 8.98. The highest BCUT2D eigenvalue weighted by Gasteiger charge is 2.35. The molecule has 1 heterocycles. The molecule has 0 bridgehead atoms. The monoisotopic (exact) mass is 360 g/mol. The summed E-state index contributed by atoms with van der Waals surface area (Å²) in [7, 11) is 0. The number of para-hydroxylation sites is 1. The molecule has 2 aromatic rings. The number of aromatic nitrogens is 1. The molecular formula is C19H24N2O3S. The number of benzene rings is 1. The molecule has 0 spiro atoms. The maximum atomic E-state index is 12.5. The van der Waals surface area contributed by atoms with E-state index in [-0.39, 0.29) is 30.3 Å². The Morgan fingerprint density at radius 2 is 2.08 bits per heavy atom. The summed E-state index contributed by atoms with van der Waals surface area (Å²) in [5.41, 5.74) is 0.985. The number of ether oxygens (including phenoxy) is 1. The van der Waals surface area contributed by atoms with Gasteiger partial charge in [0.2, 0.25) is 0 Å². The van der Waals surface area contributed by atoms with Crippen molar-refractivity contribution in [3.05, 3.63) is 29.3 Å². The molecule has 1 aliphatic carbocycles. The van der Waals surface area contributed by atoms with Crippen molar-refractivity contribution in [1.82, 2.24) is 10.3 Å². The number of rotatable bonds is 6. The van der Waals surface area contributed by atoms with Gasteiger partial charge in [0.1, 0.15) is 0 Å². The van der Waals surface area contributed by atoms with Gasteiger partial charge in [0, 0.05) is 12.5 Å². The lowest BCUT2D eigenvalue weighted by Crippen LogP contribution is -2.33. The molecule has 3 rings (SSSR count). The van der Waals surface area contributed by atoms with Crippen LogP contribution in [0, 0.1) is 5.92 Å². The number of hydrogen-bond donors (Lipinski definition) is 1. The van der Waals surface area contributed by atoms with Gasteiger partial charge >= 0.3 is 5.97 Å². The van der Waals surface area contributed by atoms with Crippen molar-refractivity contribution in [2.24, 2.45) is 5.92 Å². The van der Waals surface area contributed by atoms with Crippen LogP contribution in [0.4, 0.5) is 0 Å². The van der Waals surface area contributed by atoms with E-state index in [2.05, 4.69) is 11.4 Å². The van der Waals surface area contributed by atoms with Gasteiger partial charge in [0.25, 0.3) is 5.91 Å². The van der Waals surface area contributed by atoms with Gasteiger partial charge in [0.05, 0.1) is 21.1 Å². The molecule has 25 heavy (non-hydrogen) atoms. The Hall–Kier alpha value is -1.95. The molecule has 1 aromatic carbocycles. The van der Waals surface area contributed by atoms with Crippen LogP contribution in [0.2, 0.25) is 0 Å². The first-order valence-corrected chi connectivity index (χ1v) is 9.79. The summed E-state index contributed by atoms with van der Waals surface area (Å²) in [6.45, 7) is 2.40. The number of carbonyl (C=O) groups excluding carboxylic acids is 2. The zero-order valence-corrected chi connectivity index (χ0v) is 15.3. The molecule has 1 N–H and O–H groups in total. The van der Waals surface area contributed by atoms with E-state index in [1.54, 1.807) is 11.3 Å². The van der Waals surface area contributed by atoms with Gasteiger partial charge < -0.3 is 10.1 Å². The average molecular weight is 360 g/mol. The van der Waals surface area contributed by atoms with Crippen LogP contribution in [0.15, 0.2) is 24.3 Å². The van der Waals surface area contributed by atoms with Crippen LogP contribution in [0.3, 0.4) is 0 Å². The lowest BCUT2D eigenvalue weighted by Gasteiger charge is -2.28. The number of amides is 1. The largest absolute Gasteiger partial charge is 0.455 e. The standard InChI is InChI=1S/C19H24N2O3S/c1-2-11-20-17(22)12-24-19(23)14-8-4-3-7-13(14)18-21-15-9-5-6-10-16(15)25-18/h5-6,9-10,13-14H,2-4,7-8,11-12H2,1H3,(H,20,22)/t13-,14+/m1/s1. The summed E-state index contributed by atoms with van der Waals surface area (Å²) in [6.07, 6.45) is 4.73. The SMILES string of the molecule is CCCNC(=O)COC(=O)[C@H]1CCCC[C@H]1c1nc2ccccc2s1. The van der Waals surface area contributed by atoms with E-state index < -0.39 is 0 Å². The van der Waals surface area contributed by atoms with E-state index >= 15 is 0 Å². The average Bonchev–Trinajstić information content (AvgIpc) is 3.08. The van der Waals surface area contributed by atoms with Crippen LogP contribution in [0.25, 0.3) is 10.2 Å². The second-order valence-electron chi connectivity index (χ2n) is 6.47. The van der Waals surface area contributed by atoms with Gasteiger partial charge in [-0.2, -0.15) is 0 Å². The number of carbonyl (C=O) groups is 2. The summed E-state index contributed by atoms with van der Waals surface area (Å²) in [5, 5.41) is 3.74. The van der Waals surface area contributed by atoms with Gasteiger partial charge in [-0.15, -0.1) is 11.3 Å². The Labute approximate surface area is 151 Å². The number of esters is 1. The van der Waals surface area contributed by atoms with Gasteiger partial charge in [-0.3, -0.25) is 9.59 Å². The fourth-order valence-electron chi connectivity index (χ4n) is 3.32. The predicted molar refractivity (Wildman–Crippen MR) is 98.6 cm³/mol. The Morgan fingerprint density at radius 3 is 2.88 bits per heavy atom. The van der Waals surface area contributed by atoms with E-state index in [9.17, 15) is 9.59 Å². The minimum atomic E-state index is -0.268. The number of nitrogens with one attached hydrogen (secondary N) is 1. The van der Waals surface area contributed by atoms with Crippen LogP contribution in [0.1, 0.15) is 50.0 Å². The minimum Gasteiger partial charge on any atom is -0.455 e. The van der Waals surface area contributed by atoms with E-state index in [1.807, 2.05) is 25.1 Å². The molecule has 1 amide bonds. The van der Waals surface area contributed by atoms with Crippen molar-refractivity contribution in [2.45, 2.75) is 44.9 Å². The quantitative estimate of drug-likeness (QED) is 0.799. The molecule has 1 saturated carbocycles. The molecule has 0 aliphatic heterocycles. The Morgan fingerprint density at radius 1 is 1.28 bits per heavy atom. The molecule has 5 nitrogen and oxygen atoms in total. The van der Waals surface area contributed by atoms with Crippen LogP contribution >= 0.6 is 11.3 Å². The number of fused-ring (bicyclic) bond motifs is 1. The molecule has 0 saturated heterocycles.